The number of amides is 1. The molecule has 0 aromatic heterocycles. The molecule has 0 bridgehead atoms. The van der Waals surface area contributed by atoms with Gasteiger partial charge in [0.15, 0.2) is 0 Å². The summed E-state index contributed by atoms with van der Waals surface area (Å²) < 4.78 is 0. The Balaban J connectivity index is 2.98. The summed E-state index contributed by atoms with van der Waals surface area (Å²) in [6.45, 7) is 3.54. The van der Waals surface area contributed by atoms with E-state index < -0.39 is 12.0 Å². The van der Waals surface area contributed by atoms with Crippen LogP contribution >= 0.6 is 0 Å². The summed E-state index contributed by atoms with van der Waals surface area (Å²) in [5.41, 5.74) is 1.10. The minimum Gasteiger partial charge on any atom is -0.480 e. The van der Waals surface area contributed by atoms with E-state index in [1.165, 1.54) is 11.9 Å². The molecule has 19 heavy (non-hydrogen) atoms. The number of carbonyl (C=O) groups excluding carboxylic acids is 1. The van der Waals surface area contributed by atoms with Gasteiger partial charge in [-0.05, 0) is 30.2 Å². The van der Waals surface area contributed by atoms with Gasteiger partial charge in [0.25, 0.3) is 5.91 Å². The Morgan fingerprint density at radius 1 is 1.26 bits per heavy atom. The monoisotopic (exact) mass is 259 g/mol. The Kier molecular flexibility index (Phi) is 4.71. The fraction of sp³-hybridized carbons (Fsp3) is 0.333. The number of likely N-dealkylation sites (N-methyl/N-ethyl adjacent to an activating group) is 1. The number of hydrogen-bond acceptors (Lipinski definition) is 2. The van der Waals surface area contributed by atoms with Crippen LogP contribution in [0.2, 0.25) is 0 Å². The fourth-order valence-electron chi connectivity index (χ4n) is 1.94. The van der Waals surface area contributed by atoms with E-state index in [1.54, 1.807) is 38.1 Å². The van der Waals surface area contributed by atoms with Crippen molar-refractivity contribution >= 4 is 11.9 Å². The molecule has 1 aromatic carbocycles. The molecule has 0 radical (unpaired) electrons. The van der Waals surface area contributed by atoms with Crippen LogP contribution in [0.25, 0.3) is 0 Å². The molecule has 4 heteroatoms. The molecule has 0 fully saturated rings. The van der Waals surface area contributed by atoms with E-state index in [-0.39, 0.29) is 11.8 Å². The highest BCUT2D eigenvalue weighted by Gasteiger charge is 2.29. The molecule has 0 aliphatic carbocycles. The minimum atomic E-state index is -1.01. The van der Waals surface area contributed by atoms with Crippen molar-refractivity contribution in [3.63, 3.8) is 0 Å². The van der Waals surface area contributed by atoms with Gasteiger partial charge in [0, 0.05) is 18.2 Å². The quantitative estimate of drug-likeness (QED) is 0.839. The van der Waals surface area contributed by atoms with E-state index in [0.717, 1.165) is 0 Å². The van der Waals surface area contributed by atoms with Crippen molar-refractivity contribution in [2.75, 3.05) is 7.05 Å². The second-order valence-electron chi connectivity index (χ2n) is 4.66. The van der Waals surface area contributed by atoms with Crippen LogP contribution in [0.1, 0.15) is 29.8 Å². The molecular formula is C15H17NO3. The molecule has 0 aliphatic heterocycles. The summed E-state index contributed by atoms with van der Waals surface area (Å²) in [6, 6.07) is 5.68. The van der Waals surface area contributed by atoms with Gasteiger partial charge in [0.05, 0.1) is 0 Å². The molecule has 1 atom stereocenters. The van der Waals surface area contributed by atoms with Gasteiger partial charge in [0.2, 0.25) is 0 Å². The van der Waals surface area contributed by atoms with Crippen molar-refractivity contribution in [2.45, 2.75) is 19.9 Å². The molecular weight excluding hydrogens is 242 g/mol. The second kappa shape index (κ2) is 6.05. The van der Waals surface area contributed by atoms with E-state index in [0.29, 0.717) is 11.1 Å². The van der Waals surface area contributed by atoms with Gasteiger partial charge in [-0.3, -0.25) is 4.79 Å². The predicted octanol–water partition coefficient (Wildman–Crippen LogP) is 1.85. The number of hydrogen-bond donors (Lipinski definition) is 1. The van der Waals surface area contributed by atoms with Crippen molar-refractivity contribution in [1.29, 1.82) is 0 Å². The third-order valence-corrected chi connectivity index (χ3v) is 2.92. The second-order valence-corrected chi connectivity index (χ2v) is 4.66. The van der Waals surface area contributed by atoms with Crippen LogP contribution in [0.3, 0.4) is 0 Å². The first-order chi connectivity index (χ1) is 8.88. The highest BCUT2D eigenvalue weighted by molar-refractivity contribution is 5.96. The molecule has 1 amide bonds. The van der Waals surface area contributed by atoms with Crippen molar-refractivity contribution in [2.24, 2.45) is 5.92 Å². The molecule has 1 aromatic rings. The topological polar surface area (TPSA) is 57.6 Å². The van der Waals surface area contributed by atoms with Gasteiger partial charge < -0.3 is 10.0 Å². The van der Waals surface area contributed by atoms with E-state index in [4.69, 9.17) is 6.42 Å². The maximum Gasteiger partial charge on any atom is 0.326 e. The Labute approximate surface area is 113 Å². The summed E-state index contributed by atoms with van der Waals surface area (Å²) in [5, 5.41) is 9.17. The Morgan fingerprint density at radius 3 is 2.16 bits per heavy atom. The van der Waals surface area contributed by atoms with Gasteiger partial charge in [-0.2, -0.15) is 0 Å². The molecule has 0 spiro atoms. The van der Waals surface area contributed by atoms with Gasteiger partial charge >= 0.3 is 5.97 Å². The third-order valence-electron chi connectivity index (χ3n) is 2.92. The molecule has 0 saturated carbocycles. The zero-order valence-electron chi connectivity index (χ0n) is 11.3. The number of rotatable bonds is 4. The minimum absolute atomic E-state index is 0.170. The van der Waals surface area contributed by atoms with Crippen LogP contribution in [0, 0.1) is 18.3 Å². The molecule has 1 rings (SSSR count). The van der Waals surface area contributed by atoms with Crippen molar-refractivity contribution in [1.82, 2.24) is 4.90 Å². The molecule has 1 unspecified atom stereocenters. The zero-order chi connectivity index (χ0) is 14.6. The van der Waals surface area contributed by atoms with Crippen LogP contribution in [-0.2, 0) is 4.79 Å². The maximum atomic E-state index is 12.2. The van der Waals surface area contributed by atoms with E-state index in [9.17, 15) is 14.7 Å². The van der Waals surface area contributed by atoms with E-state index in [1.807, 2.05) is 0 Å². The van der Waals surface area contributed by atoms with Crippen LogP contribution in [0.5, 0.6) is 0 Å². The molecule has 4 nitrogen and oxygen atoms in total. The number of aliphatic carboxylic acids is 1. The largest absolute Gasteiger partial charge is 0.480 e. The first kappa shape index (κ1) is 14.8. The summed E-state index contributed by atoms with van der Waals surface area (Å²) >= 11 is 0. The number of terminal acetylenes is 1. The lowest BCUT2D eigenvalue weighted by molar-refractivity contribution is -0.143. The first-order valence-electron chi connectivity index (χ1n) is 5.95. The van der Waals surface area contributed by atoms with Gasteiger partial charge in [0.1, 0.15) is 6.04 Å². The predicted molar refractivity (Wildman–Crippen MR) is 72.7 cm³/mol. The highest BCUT2D eigenvalue weighted by atomic mass is 16.4. The normalized spacial score (nSPS) is 11.7. The molecule has 100 valence electrons. The molecule has 0 saturated heterocycles. The lowest BCUT2D eigenvalue weighted by atomic mass is 10.0. The van der Waals surface area contributed by atoms with E-state index >= 15 is 0 Å². The maximum absolute atomic E-state index is 12.2. The zero-order valence-corrected chi connectivity index (χ0v) is 11.3. The van der Waals surface area contributed by atoms with Crippen LogP contribution in [-0.4, -0.2) is 35.0 Å². The smallest absolute Gasteiger partial charge is 0.326 e. The van der Waals surface area contributed by atoms with Gasteiger partial charge in [-0.25, -0.2) is 4.79 Å². The van der Waals surface area contributed by atoms with Crippen molar-refractivity contribution in [3.05, 3.63) is 35.4 Å². The summed E-state index contributed by atoms with van der Waals surface area (Å²) in [7, 11) is 1.50. The third kappa shape index (κ3) is 3.35. The summed E-state index contributed by atoms with van der Waals surface area (Å²) in [6.07, 6.45) is 5.24. The number of benzene rings is 1. The van der Waals surface area contributed by atoms with Crippen molar-refractivity contribution < 1.29 is 14.7 Å². The lowest BCUT2D eigenvalue weighted by Gasteiger charge is -2.27. The molecule has 0 aliphatic rings. The Morgan fingerprint density at radius 2 is 1.79 bits per heavy atom. The fourth-order valence-corrected chi connectivity index (χ4v) is 1.94. The van der Waals surface area contributed by atoms with Gasteiger partial charge in [-0.1, -0.05) is 19.8 Å². The van der Waals surface area contributed by atoms with Crippen molar-refractivity contribution in [3.8, 4) is 12.3 Å². The van der Waals surface area contributed by atoms with Crippen LogP contribution in [0.4, 0.5) is 0 Å². The SMILES string of the molecule is C#Cc1ccc(C(=O)N(C)C(C(=O)O)C(C)C)cc1. The van der Waals surface area contributed by atoms with Crippen LogP contribution in [0.15, 0.2) is 24.3 Å². The number of carboxylic acids is 1. The number of nitrogens with zero attached hydrogens (tertiary/aromatic N) is 1. The van der Waals surface area contributed by atoms with Crippen LogP contribution < -0.4 is 0 Å². The van der Waals surface area contributed by atoms with E-state index in [2.05, 4.69) is 5.92 Å². The molecule has 0 heterocycles. The first-order valence-corrected chi connectivity index (χ1v) is 5.95. The standard InChI is InChI=1S/C15H17NO3/c1-5-11-6-8-12(9-7-11)14(17)16(4)13(10(2)3)15(18)19/h1,6-10,13H,2-4H3,(H,18,19). The highest BCUT2D eigenvalue weighted by Crippen LogP contribution is 2.14. The molecule has 1 N–H and O–H groups in total. The summed E-state index contributed by atoms with van der Waals surface area (Å²) in [5.74, 6) is 0.955. The Bertz CT molecular complexity index is 511. The number of carbonyl (C=O) groups is 2. The average molecular weight is 259 g/mol. The number of carboxylic acid groups (broad SMARTS) is 1. The summed E-state index contributed by atoms with van der Waals surface area (Å²) in [4.78, 5) is 24.7. The Hall–Kier alpha value is -2.28. The lowest BCUT2D eigenvalue weighted by Crippen LogP contribution is -2.45. The van der Waals surface area contributed by atoms with Gasteiger partial charge in [-0.15, -0.1) is 6.42 Å². The average Bonchev–Trinajstić information content (AvgIpc) is 2.37.